The van der Waals surface area contributed by atoms with Crippen LogP contribution in [0.3, 0.4) is 0 Å². The van der Waals surface area contributed by atoms with Crippen molar-refractivity contribution in [2.45, 2.75) is 38.5 Å². The fourth-order valence-corrected chi connectivity index (χ4v) is 2.25. The van der Waals surface area contributed by atoms with Crippen LogP contribution in [0.5, 0.6) is 0 Å². The van der Waals surface area contributed by atoms with Gasteiger partial charge in [0.05, 0.1) is 0 Å². The number of rotatable bonds is 0. The van der Waals surface area contributed by atoms with E-state index in [0.29, 0.717) is 11.7 Å². The minimum atomic E-state index is 0.343. The molecule has 0 bridgehead atoms. The molecule has 2 rings (SSSR count). The van der Waals surface area contributed by atoms with Gasteiger partial charge in [0.1, 0.15) is 0 Å². The third-order valence-electron chi connectivity index (χ3n) is 3.03. The lowest BCUT2D eigenvalue weighted by Crippen LogP contribution is -2.14. The minimum absolute atomic E-state index is 0.343. The van der Waals surface area contributed by atoms with E-state index in [2.05, 4.69) is 12.2 Å². The number of hydrogen-bond donors (Lipinski definition) is 0. The summed E-state index contributed by atoms with van der Waals surface area (Å²) in [6.45, 7) is 0. The lowest BCUT2D eigenvalue weighted by atomic mass is 9.81. The van der Waals surface area contributed by atoms with Crippen LogP contribution >= 0.6 is 0 Å². The van der Waals surface area contributed by atoms with Crippen LogP contribution in [0.4, 0.5) is 0 Å². The summed E-state index contributed by atoms with van der Waals surface area (Å²) < 4.78 is 0. The molecule has 70 valence electrons. The van der Waals surface area contributed by atoms with Gasteiger partial charge in [-0.1, -0.05) is 17.7 Å². The maximum atomic E-state index is 11.2. The molecule has 1 atom stereocenters. The summed E-state index contributed by atoms with van der Waals surface area (Å²) in [4.78, 5) is 11.2. The van der Waals surface area contributed by atoms with Gasteiger partial charge in [0, 0.05) is 6.42 Å². The molecule has 0 aromatic carbocycles. The average molecular weight is 176 g/mol. The van der Waals surface area contributed by atoms with E-state index in [1.165, 1.54) is 18.4 Å². The molecule has 0 fully saturated rings. The van der Waals surface area contributed by atoms with Gasteiger partial charge in [-0.2, -0.15) is 0 Å². The summed E-state index contributed by atoms with van der Waals surface area (Å²) in [7, 11) is 0. The predicted octanol–water partition coefficient (Wildman–Crippen LogP) is 3.02. The van der Waals surface area contributed by atoms with Crippen molar-refractivity contribution in [1.29, 1.82) is 0 Å². The van der Waals surface area contributed by atoms with Gasteiger partial charge < -0.3 is 0 Å². The first-order valence-corrected chi connectivity index (χ1v) is 5.24. The Balaban J connectivity index is 2.16. The van der Waals surface area contributed by atoms with Crippen molar-refractivity contribution in [3.05, 3.63) is 23.8 Å². The summed E-state index contributed by atoms with van der Waals surface area (Å²) >= 11 is 0. The van der Waals surface area contributed by atoms with Gasteiger partial charge in [0.25, 0.3) is 0 Å². The van der Waals surface area contributed by atoms with Crippen LogP contribution in [0.15, 0.2) is 23.8 Å². The molecule has 0 amide bonds. The van der Waals surface area contributed by atoms with Crippen molar-refractivity contribution in [2.75, 3.05) is 0 Å². The molecular weight excluding hydrogens is 160 g/mol. The second-order valence-corrected chi connectivity index (χ2v) is 4.02. The molecule has 0 aromatic heterocycles. The van der Waals surface area contributed by atoms with E-state index in [0.717, 1.165) is 25.7 Å². The Morgan fingerprint density at radius 1 is 1.23 bits per heavy atom. The predicted molar refractivity (Wildman–Crippen MR) is 53.4 cm³/mol. The van der Waals surface area contributed by atoms with Crippen molar-refractivity contribution >= 4 is 5.78 Å². The first-order valence-electron chi connectivity index (χ1n) is 5.24. The zero-order valence-corrected chi connectivity index (χ0v) is 7.96. The highest BCUT2D eigenvalue weighted by atomic mass is 16.1. The topological polar surface area (TPSA) is 17.1 Å². The summed E-state index contributed by atoms with van der Waals surface area (Å²) in [5.74, 6) is 1.02. The van der Waals surface area contributed by atoms with Gasteiger partial charge in [0.2, 0.25) is 0 Å². The molecule has 0 heterocycles. The molecule has 2 aliphatic rings. The van der Waals surface area contributed by atoms with Crippen LogP contribution < -0.4 is 0 Å². The van der Waals surface area contributed by atoms with Crippen molar-refractivity contribution in [2.24, 2.45) is 5.92 Å². The molecule has 1 unspecified atom stereocenters. The smallest absolute Gasteiger partial charge is 0.155 e. The fraction of sp³-hybridized carbons (Fsp3) is 0.583. The maximum Gasteiger partial charge on any atom is 0.155 e. The first kappa shape index (κ1) is 8.74. The van der Waals surface area contributed by atoms with Gasteiger partial charge in [0.15, 0.2) is 5.78 Å². The van der Waals surface area contributed by atoms with E-state index < -0.39 is 0 Å². The van der Waals surface area contributed by atoms with Crippen LogP contribution in [-0.2, 0) is 4.79 Å². The van der Waals surface area contributed by atoms with Crippen molar-refractivity contribution in [1.82, 2.24) is 0 Å². The van der Waals surface area contributed by atoms with E-state index in [1.54, 1.807) is 0 Å². The Hall–Kier alpha value is -0.850. The van der Waals surface area contributed by atoms with E-state index in [-0.39, 0.29) is 0 Å². The summed E-state index contributed by atoms with van der Waals surface area (Å²) in [5, 5.41) is 0. The highest BCUT2D eigenvalue weighted by molar-refractivity contribution is 5.91. The zero-order chi connectivity index (χ0) is 9.10. The standard InChI is InChI=1S/C12H16O/c13-12-8-7-10-5-3-1-2-4-6-11(10)9-12/h1,3,9-10H,2,4-8H2/b3-1-. The van der Waals surface area contributed by atoms with Gasteiger partial charge in [-0.05, 0) is 44.1 Å². The second-order valence-electron chi connectivity index (χ2n) is 4.02. The van der Waals surface area contributed by atoms with Crippen LogP contribution in [0.1, 0.15) is 38.5 Å². The molecule has 0 aliphatic heterocycles. The monoisotopic (exact) mass is 176 g/mol. The average Bonchev–Trinajstić information content (AvgIpc) is 2.08. The van der Waals surface area contributed by atoms with Gasteiger partial charge >= 0.3 is 0 Å². The summed E-state index contributed by atoms with van der Waals surface area (Å²) in [6, 6.07) is 0. The third kappa shape index (κ3) is 2.09. The number of hydrogen-bond acceptors (Lipinski definition) is 1. The number of allylic oxidation sites excluding steroid dienone is 4. The first-order chi connectivity index (χ1) is 6.36. The Kier molecular flexibility index (Phi) is 2.62. The molecule has 1 nitrogen and oxygen atoms in total. The highest BCUT2D eigenvalue weighted by Gasteiger charge is 2.20. The molecule has 0 N–H and O–H groups in total. The third-order valence-corrected chi connectivity index (χ3v) is 3.03. The quantitative estimate of drug-likeness (QED) is 0.518. The van der Waals surface area contributed by atoms with E-state index in [1.807, 2.05) is 6.08 Å². The number of carbonyl (C=O) groups is 1. The molecule has 0 aromatic rings. The number of carbonyl (C=O) groups excluding carboxylic acids is 1. The van der Waals surface area contributed by atoms with Crippen molar-refractivity contribution in [3.8, 4) is 0 Å². The Labute approximate surface area is 79.5 Å². The largest absolute Gasteiger partial charge is 0.295 e. The number of ketones is 1. The molecule has 0 saturated heterocycles. The van der Waals surface area contributed by atoms with E-state index in [4.69, 9.17) is 0 Å². The molecule has 0 radical (unpaired) electrons. The van der Waals surface area contributed by atoms with Gasteiger partial charge in [-0.15, -0.1) is 0 Å². The summed E-state index contributed by atoms with van der Waals surface area (Å²) in [6.07, 6.45) is 13.0. The lowest BCUT2D eigenvalue weighted by Gasteiger charge is -2.23. The minimum Gasteiger partial charge on any atom is -0.295 e. The maximum absolute atomic E-state index is 11.2. The Bertz CT molecular complexity index is 260. The van der Waals surface area contributed by atoms with Crippen LogP contribution in [0.25, 0.3) is 0 Å². The van der Waals surface area contributed by atoms with E-state index in [9.17, 15) is 4.79 Å². The molecule has 0 spiro atoms. The fourth-order valence-electron chi connectivity index (χ4n) is 2.25. The second kappa shape index (κ2) is 3.91. The molecule has 2 aliphatic carbocycles. The Morgan fingerprint density at radius 2 is 2.15 bits per heavy atom. The molecule has 0 saturated carbocycles. The molecular formula is C12H16O. The summed E-state index contributed by atoms with van der Waals surface area (Å²) in [5.41, 5.74) is 1.42. The number of fused-ring (bicyclic) bond motifs is 1. The van der Waals surface area contributed by atoms with Gasteiger partial charge in [-0.3, -0.25) is 4.79 Å². The zero-order valence-electron chi connectivity index (χ0n) is 7.96. The normalized spacial score (nSPS) is 31.2. The lowest BCUT2D eigenvalue weighted by molar-refractivity contribution is -0.115. The van der Waals surface area contributed by atoms with Crippen molar-refractivity contribution < 1.29 is 4.79 Å². The van der Waals surface area contributed by atoms with Crippen molar-refractivity contribution in [3.63, 3.8) is 0 Å². The van der Waals surface area contributed by atoms with E-state index >= 15 is 0 Å². The van der Waals surface area contributed by atoms with Crippen LogP contribution in [0, 0.1) is 5.92 Å². The Morgan fingerprint density at radius 3 is 3.08 bits per heavy atom. The highest BCUT2D eigenvalue weighted by Crippen LogP contribution is 2.31. The van der Waals surface area contributed by atoms with Gasteiger partial charge in [-0.25, -0.2) is 0 Å². The van der Waals surface area contributed by atoms with Crippen LogP contribution in [0.2, 0.25) is 0 Å². The molecule has 1 heteroatoms. The SMILES string of the molecule is O=C1C=C2CCC/C=C\CC2CC1. The molecule has 13 heavy (non-hydrogen) atoms. The van der Waals surface area contributed by atoms with Crippen LogP contribution in [-0.4, -0.2) is 5.78 Å².